The zero-order valence-electron chi connectivity index (χ0n) is 12.9. The van der Waals surface area contributed by atoms with Gasteiger partial charge in [-0.2, -0.15) is 0 Å². The molecule has 21 heavy (non-hydrogen) atoms. The van der Waals surface area contributed by atoms with Gasteiger partial charge in [-0.15, -0.1) is 0 Å². The summed E-state index contributed by atoms with van der Waals surface area (Å²) in [6, 6.07) is 7.75. The number of likely N-dealkylation sites (tertiary alicyclic amines) is 1. The van der Waals surface area contributed by atoms with E-state index >= 15 is 0 Å². The normalized spacial score (nSPS) is 16.3. The standard InChI is InChI=1S/C17H25NO3/c1-13(2)21-16-5-3-4-15(10-16)11-17(20)18-8-6-14(12-19)7-9-18/h3-5,10,13-14,19H,6-9,11-12H2,1-2H3. The van der Waals surface area contributed by atoms with Gasteiger partial charge in [-0.25, -0.2) is 0 Å². The molecule has 0 spiro atoms. The van der Waals surface area contributed by atoms with E-state index in [0.717, 1.165) is 37.2 Å². The quantitative estimate of drug-likeness (QED) is 0.905. The van der Waals surface area contributed by atoms with Gasteiger partial charge in [0.05, 0.1) is 12.5 Å². The van der Waals surface area contributed by atoms with Crippen molar-refractivity contribution in [2.24, 2.45) is 5.92 Å². The van der Waals surface area contributed by atoms with E-state index in [0.29, 0.717) is 12.3 Å². The number of hydrogen-bond donors (Lipinski definition) is 1. The molecule has 0 aromatic heterocycles. The molecule has 1 N–H and O–H groups in total. The van der Waals surface area contributed by atoms with Crippen LogP contribution in [0, 0.1) is 5.92 Å². The Morgan fingerprint density at radius 2 is 2.10 bits per heavy atom. The van der Waals surface area contributed by atoms with Crippen LogP contribution in [0.5, 0.6) is 5.75 Å². The Labute approximate surface area is 126 Å². The molecule has 0 bridgehead atoms. The molecule has 1 aromatic carbocycles. The number of amides is 1. The number of carbonyl (C=O) groups excluding carboxylic acids is 1. The Morgan fingerprint density at radius 1 is 1.38 bits per heavy atom. The average Bonchev–Trinajstić information content (AvgIpc) is 2.47. The van der Waals surface area contributed by atoms with Crippen molar-refractivity contribution in [2.45, 2.75) is 39.2 Å². The van der Waals surface area contributed by atoms with Crippen LogP contribution in [-0.4, -0.2) is 41.7 Å². The van der Waals surface area contributed by atoms with Crippen molar-refractivity contribution >= 4 is 5.91 Å². The van der Waals surface area contributed by atoms with Gasteiger partial charge >= 0.3 is 0 Å². The lowest BCUT2D eigenvalue weighted by Crippen LogP contribution is -2.40. The predicted molar refractivity (Wildman–Crippen MR) is 82.3 cm³/mol. The molecule has 0 unspecified atom stereocenters. The molecule has 4 heteroatoms. The SMILES string of the molecule is CC(C)Oc1cccc(CC(=O)N2CCC(CO)CC2)c1. The van der Waals surface area contributed by atoms with E-state index in [4.69, 9.17) is 9.84 Å². The number of aliphatic hydroxyl groups excluding tert-OH is 1. The van der Waals surface area contributed by atoms with E-state index < -0.39 is 0 Å². The van der Waals surface area contributed by atoms with Crippen LogP contribution in [0.1, 0.15) is 32.3 Å². The largest absolute Gasteiger partial charge is 0.491 e. The molecule has 1 amide bonds. The highest BCUT2D eigenvalue weighted by atomic mass is 16.5. The monoisotopic (exact) mass is 291 g/mol. The predicted octanol–water partition coefficient (Wildman–Crippen LogP) is 2.25. The molecule has 0 radical (unpaired) electrons. The summed E-state index contributed by atoms with van der Waals surface area (Å²) < 4.78 is 5.66. The summed E-state index contributed by atoms with van der Waals surface area (Å²) in [6.07, 6.45) is 2.35. The summed E-state index contributed by atoms with van der Waals surface area (Å²) >= 11 is 0. The van der Waals surface area contributed by atoms with Gasteiger partial charge in [0, 0.05) is 19.7 Å². The molecule has 0 saturated carbocycles. The van der Waals surface area contributed by atoms with Crippen LogP contribution in [0.2, 0.25) is 0 Å². The van der Waals surface area contributed by atoms with Gasteiger partial charge in [0.2, 0.25) is 5.91 Å². The van der Waals surface area contributed by atoms with Gasteiger partial charge in [-0.05, 0) is 50.3 Å². The second-order valence-electron chi connectivity index (χ2n) is 6.00. The van der Waals surface area contributed by atoms with Crippen molar-refractivity contribution in [2.75, 3.05) is 19.7 Å². The number of aliphatic hydroxyl groups is 1. The van der Waals surface area contributed by atoms with Gasteiger partial charge in [0.1, 0.15) is 5.75 Å². The maximum atomic E-state index is 12.3. The Hall–Kier alpha value is -1.55. The first kappa shape index (κ1) is 15.8. The molecule has 1 aliphatic rings. The lowest BCUT2D eigenvalue weighted by molar-refractivity contribution is -0.132. The van der Waals surface area contributed by atoms with Crippen LogP contribution in [-0.2, 0) is 11.2 Å². The Balaban J connectivity index is 1.90. The minimum atomic E-state index is 0.133. The average molecular weight is 291 g/mol. The van der Waals surface area contributed by atoms with Crippen LogP contribution in [0.15, 0.2) is 24.3 Å². The minimum Gasteiger partial charge on any atom is -0.491 e. The van der Waals surface area contributed by atoms with Crippen molar-refractivity contribution < 1.29 is 14.6 Å². The summed E-state index contributed by atoms with van der Waals surface area (Å²) in [4.78, 5) is 14.2. The van der Waals surface area contributed by atoms with Crippen molar-refractivity contribution in [1.29, 1.82) is 0 Å². The number of nitrogens with zero attached hydrogens (tertiary/aromatic N) is 1. The van der Waals surface area contributed by atoms with E-state index in [-0.39, 0.29) is 18.6 Å². The van der Waals surface area contributed by atoms with Gasteiger partial charge in [0.25, 0.3) is 0 Å². The summed E-state index contributed by atoms with van der Waals surface area (Å²) in [5.74, 6) is 1.33. The number of rotatable bonds is 5. The van der Waals surface area contributed by atoms with Crippen molar-refractivity contribution in [3.8, 4) is 5.75 Å². The van der Waals surface area contributed by atoms with Crippen molar-refractivity contribution in [3.05, 3.63) is 29.8 Å². The van der Waals surface area contributed by atoms with Crippen LogP contribution in [0.4, 0.5) is 0 Å². The zero-order valence-corrected chi connectivity index (χ0v) is 12.9. The van der Waals surface area contributed by atoms with E-state index in [2.05, 4.69) is 0 Å². The van der Waals surface area contributed by atoms with Gasteiger partial charge in [-0.1, -0.05) is 12.1 Å². The fourth-order valence-corrected chi connectivity index (χ4v) is 2.65. The van der Waals surface area contributed by atoms with E-state index in [9.17, 15) is 4.79 Å². The minimum absolute atomic E-state index is 0.133. The molecule has 116 valence electrons. The van der Waals surface area contributed by atoms with Gasteiger partial charge in [-0.3, -0.25) is 4.79 Å². The summed E-state index contributed by atoms with van der Waals surface area (Å²) in [6.45, 7) is 5.72. The zero-order chi connectivity index (χ0) is 15.2. The summed E-state index contributed by atoms with van der Waals surface area (Å²) in [7, 11) is 0. The number of carbonyl (C=O) groups is 1. The Morgan fingerprint density at radius 3 is 2.71 bits per heavy atom. The molecule has 4 nitrogen and oxygen atoms in total. The molecule has 1 aromatic rings. The summed E-state index contributed by atoms with van der Waals surface area (Å²) in [5, 5.41) is 9.14. The Bertz CT molecular complexity index is 465. The van der Waals surface area contributed by atoms with Crippen LogP contribution in [0.3, 0.4) is 0 Å². The third-order valence-corrected chi connectivity index (χ3v) is 3.85. The number of benzene rings is 1. The van der Waals surface area contributed by atoms with Crippen LogP contribution >= 0.6 is 0 Å². The molecule has 0 atom stereocenters. The molecule has 2 rings (SSSR count). The van der Waals surface area contributed by atoms with Crippen molar-refractivity contribution in [1.82, 2.24) is 4.90 Å². The number of piperidine rings is 1. The maximum Gasteiger partial charge on any atom is 0.226 e. The molecular weight excluding hydrogens is 266 g/mol. The van der Waals surface area contributed by atoms with Crippen LogP contribution < -0.4 is 4.74 Å². The highest BCUT2D eigenvalue weighted by molar-refractivity contribution is 5.79. The lowest BCUT2D eigenvalue weighted by Gasteiger charge is -2.31. The van der Waals surface area contributed by atoms with Crippen LogP contribution in [0.25, 0.3) is 0 Å². The maximum absolute atomic E-state index is 12.3. The smallest absolute Gasteiger partial charge is 0.226 e. The fraction of sp³-hybridized carbons (Fsp3) is 0.588. The van der Waals surface area contributed by atoms with Crippen molar-refractivity contribution in [3.63, 3.8) is 0 Å². The topological polar surface area (TPSA) is 49.8 Å². The van der Waals surface area contributed by atoms with Gasteiger partial charge < -0.3 is 14.7 Å². The van der Waals surface area contributed by atoms with E-state index in [1.165, 1.54) is 0 Å². The van der Waals surface area contributed by atoms with E-state index in [1.54, 1.807) is 0 Å². The molecule has 1 saturated heterocycles. The third kappa shape index (κ3) is 4.74. The van der Waals surface area contributed by atoms with E-state index in [1.807, 2.05) is 43.0 Å². The highest BCUT2D eigenvalue weighted by Crippen LogP contribution is 2.19. The first-order valence-corrected chi connectivity index (χ1v) is 7.72. The number of hydrogen-bond acceptors (Lipinski definition) is 3. The number of ether oxygens (including phenoxy) is 1. The first-order chi connectivity index (χ1) is 10.1. The molecule has 1 heterocycles. The van der Waals surface area contributed by atoms with Gasteiger partial charge in [0.15, 0.2) is 0 Å². The molecule has 1 fully saturated rings. The Kier molecular flexibility index (Phi) is 5.62. The molecule has 1 aliphatic heterocycles. The molecular formula is C17H25NO3. The lowest BCUT2D eigenvalue weighted by atomic mass is 9.97. The second-order valence-corrected chi connectivity index (χ2v) is 6.00. The fourth-order valence-electron chi connectivity index (χ4n) is 2.65. The second kappa shape index (κ2) is 7.46. The third-order valence-electron chi connectivity index (χ3n) is 3.85. The molecule has 0 aliphatic carbocycles. The highest BCUT2D eigenvalue weighted by Gasteiger charge is 2.22. The first-order valence-electron chi connectivity index (χ1n) is 7.72. The summed E-state index contributed by atoms with van der Waals surface area (Å²) in [5.41, 5.74) is 0.988.